The van der Waals surface area contributed by atoms with Gasteiger partial charge in [-0.05, 0) is 6.42 Å². The predicted molar refractivity (Wildman–Crippen MR) is 92.6 cm³/mol. The first-order valence-electron chi connectivity index (χ1n) is 8.02. The molecule has 0 saturated carbocycles. The van der Waals surface area contributed by atoms with Crippen molar-refractivity contribution in [3.63, 3.8) is 0 Å². The molecule has 0 radical (unpaired) electrons. The fraction of sp³-hybridized carbons (Fsp3) is 0.500. The van der Waals surface area contributed by atoms with E-state index in [4.69, 9.17) is 4.74 Å². The summed E-state index contributed by atoms with van der Waals surface area (Å²) in [6.45, 7) is 4.85. The summed E-state index contributed by atoms with van der Waals surface area (Å²) in [7, 11) is 1.59. The molecular formula is C16H21N5O2S. The number of hydrogen-bond acceptors (Lipinski definition) is 7. The van der Waals surface area contributed by atoms with Crippen molar-refractivity contribution in [1.29, 1.82) is 0 Å². The second kappa shape index (κ2) is 7.57. The number of aromatic nitrogens is 3. The largest absolute Gasteiger partial charge is 0.481 e. The fourth-order valence-electron chi connectivity index (χ4n) is 2.61. The summed E-state index contributed by atoms with van der Waals surface area (Å²) in [6.07, 6.45) is 2.98. The molecule has 24 heavy (non-hydrogen) atoms. The number of methoxy groups -OCH3 is 1. The van der Waals surface area contributed by atoms with E-state index in [-0.39, 0.29) is 5.91 Å². The Hall–Kier alpha value is -2.22. The molecule has 3 heterocycles. The summed E-state index contributed by atoms with van der Waals surface area (Å²) in [6, 6.07) is 1.72. The lowest BCUT2D eigenvalue weighted by Gasteiger charge is -2.34. The molecule has 1 aliphatic rings. The first kappa shape index (κ1) is 16.6. The minimum atomic E-state index is 0.133. The number of hydrogen-bond donors (Lipinski definition) is 0. The second-order valence-corrected chi connectivity index (χ2v) is 6.47. The van der Waals surface area contributed by atoms with Gasteiger partial charge in [-0.3, -0.25) is 4.79 Å². The molecule has 0 bridgehead atoms. The lowest BCUT2D eigenvalue weighted by atomic mass is 10.2. The summed E-state index contributed by atoms with van der Waals surface area (Å²) < 4.78 is 5.13. The first-order chi connectivity index (χ1) is 11.7. The normalized spacial score (nSPS) is 14.8. The van der Waals surface area contributed by atoms with Gasteiger partial charge < -0.3 is 14.5 Å². The maximum Gasteiger partial charge on any atom is 0.228 e. The summed E-state index contributed by atoms with van der Waals surface area (Å²) in [5.74, 6) is 1.33. The van der Waals surface area contributed by atoms with Crippen molar-refractivity contribution >= 4 is 23.2 Å². The number of amides is 1. The third-order valence-corrected chi connectivity index (χ3v) is 5.02. The van der Waals surface area contributed by atoms with Crippen molar-refractivity contribution in [2.24, 2.45) is 0 Å². The topological polar surface area (TPSA) is 71.5 Å². The average molecular weight is 347 g/mol. The Morgan fingerprint density at radius 3 is 2.75 bits per heavy atom. The molecule has 2 aromatic heterocycles. The van der Waals surface area contributed by atoms with E-state index in [9.17, 15) is 4.79 Å². The van der Waals surface area contributed by atoms with E-state index in [1.165, 1.54) is 0 Å². The van der Waals surface area contributed by atoms with Crippen LogP contribution in [0.3, 0.4) is 0 Å². The van der Waals surface area contributed by atoms with Crippen LogP contribution in [0.1, 0.15) is 17.6 Å². The van der Waals surface area contributed by atoms with Crippen molar-refractivity contribution in [3.8, 4) is 5.88 Å². The molecule has 0 spiro atoms. The number of rotatable bonds is 5. The third kappa shape index (κ3) is 3.81. The van der Waals surface area contributed by atoms with Crippen molar-refractivity contribution in [2.45, 2.75) is 19.8 Å². The number of ether oxygens (including phenoxy) is 1. The number of carbonyl (C=O) groups excluding carboxylic acids is 1. The van der Waals surface area contributed by atoms with Gasteiger partial charge in [-0.25, -0.2) is 9.97 Å². The molecule has 2 aromatic rings. The van der Waals surface area contributed by atoms with Crippen LogP contribution in [0.2, 0.25) is 0 Å². The van der Waals surface area contributed by atoms with Crippen LogP contribution in [0.25, 0.3) is 0 Å². The van der Waals surface area contributed by atoms with Crippen molar-refractivity contribution in [2.75, 3.05) is 38.2 Å². The number of thiazole rings is 1. The monoisotopic (exact) mass is 347 g/mol. The molecule has 8 heteroatoms. The number of piperazine rings is 1. The third-order valence-electron chi connectivity index (χ3n) is 3.98. The lowest BCUT2D eigenvalue weighted by Crippen LogP contribution is -2.49. The SMILES string of the molecule is CCc1nc(CC(=O)N2CCN(c3nccc(OC)n3)CC2)cs1. The van der Waals surface area contributed by atoms with Gasteiger partial charge in [0.1, 0.15) is 0 Å². The van der Waals surface area contributed by atoms with E-state index >= 15 is 0 Å². The highest BCUT2D eigenvalue weighted by Gasteiger charge is 2.23. The molecule has 0 N–H and O–H groups in total. The van der Waals surface area contributed by atoms with Crippen LogP contribution >= 0.6 is 11.3 Å². The molecule has 1 aliphatic heterocycles. The Balaban J connectivity index is 1.55. The number of carbonyl (C=O) groups is 1. The highest BCUT2D eigenvalue weighted by Crippen LogP contribution is 2.16. The molecule has 0 atom stereocenters. The molecule has 7 nitrogen and oxygen atoms in total. The summed E-state index contributed by atoms with van der Waals surface area (Å²) in [4.78, 5) is 29.5. The van der Waals surface area contributed by atoms with Crippen LogP contribution in [0.15, 0.2) is 17.6 Å². The lowest BCUT2D eigenvalue weighted by molar-refractivity contribution is -0.130. The first-order valence-corrected chi connectivity index (χ1v) is 8.90. The Morgan fingerprint density at radius 2 is 2.08 bits per heavy atom. The van der Waals surface area contributed by atoms with Gasteiger partial charge in [0.15, 0.2) is 0 Å². The van der Waals surface area contributed by atoms with Crippen LogP contribution in [0.5, 0.6) is 5.88 Å². The van der Waals surface area contributed by atoms with Gasteiger partial charge in [0.25, 0.3) is 0 Å². The van der Waals surface area contributed by atoms with Crippen molar-refractivity contribution in [1.82, 2.24) is 19.9 Å². The van der Waals surface area contributed by atoms with Gasteiger partial charge in [-0.15, -0.1) is 11.3 Å². The Morgan fingerprint density at radius 1 is 1.29 bits per heavy atom. The Labute approximate surface area is 145 Å². The molecule has 0 aliphatic carbocycles. The molecular weight excluding hydrogens is 326 g/mol. The Bertz CT molecular complexity index is 697. The zero-order chi connectivity index (χ0) is 16.9. The van der Waals surface area contributed by atoms with E-state index in [0.717, 1.165) is 30.2 Å². The number of anilines is 1. The average Bonchev–Trinajstić information content (AvgIpc) is 3.09. The maximum absolute atomic E-state index is 12.4. The van der Waals surface area contributed by atoms with Crippen LogP contribution < -0.4 is 9.64 Å². The number of nitrogens with zero attached hydrogens (tertiary/aromatic N) is 5. The van der Waals surface area contributed by atoms with Gasteiger partial charge in [0.05, 0.1) is 24.2 Å². The minimum Gasteiger partial charge on any atom is -0.481 e. The zero-order valence-electron chi connectivity index (χ0n) is 13.9. The zero-order valence-corrected chi connectivity index (χ0v) is 14.8. The summed E-state index contributed by atoms with van der Waals surface area (Å²) >= 11 is 1.62. The fourth-order valence-corrected chi connectivity index (χ4v) is 3.36. The highest BCUT2D eigenvalue weighted by molar-refractivity contribution is 7.09. The van der Waals surface area contributed by atoms with E-state index in [1.54, 1.807) is 30.7 Å². The molecule has 3 rings (SSSR count). The second-order valence-electron chi connectivity index (χ2n) is 5.53. The molecule has 1 saturated heterocycles. The van der Waals surface area contributed by atoms with Crippen LogP contribution in [-0.2, 0) is 17.6 Å². The van der Waals surface area contributed by atoms with E-state index in [2.05, 4.69) is 26.8 Å². The highest BCUT2D eigenvalue weighted by atomic mass is 32.1. The van der Waals surface area contributed by atoms with Crippen LogP contribution in [0, 0.1) is 0 Å². The predicted octanol–water partition coefficient (Wildman–Crippen LogP) is 1.40. The van der Waals surface area contributed by atoms with Gasteiger partial charge >= 0.3 is 0 Å². The van der Waals surface area contributed by atoms with E-state index < -0.39 is 0 Å². The van der Waals surface area contributed by atoms with Crippen LogP contribution in [0.4, 0.5) is 5.95 Å². The molecule has 1 amide bonds. The van der Waals surface area contributed by atoms with Gasteiger partial charge in [-0.1, -0.05) is 6.92 Å². The standard InChI is InChI=1S/C16H21N5O2S/c1-3-14-18-12(11-24-14)10-15(22)20-6-8-21(9-7-20)16-17-5-4-13(19-16)23-2/h4-5,11H,3,6-10H2,1-2H3. The molecule has 0 aromatic carbocycles. The molecule has 128 valence electrons. The minimum absolute atomic E-state index is 0.133. The summed E-state index contributed by atoms with van der Waals surface area (Å²) in [5, 5.41) is 3.06. The number of aryl methyl sites for hydroxylation is 1. The van der Waals surface area contributed by atoms with Crippen molar-refractivity contribution < 1.29 is 9.53 Å². The maximum atomic E-state index is 12.4. The van der Waals surface area contributed by atoms with Gasteiger partial charge in [0, 0.05) is 43.8 Å². The van der Waals surface area contributed by atoms with E-state index in [0.29, 0.717) is 31.3 Å². The summed E-state index contributed by atoms with van der Waals surface area (Å²) in [5.41, 5.74) is 0.875. The van der Waals surface area contributed by atoms with E-state index in [1.807, 2.05) is 10.3 Å². The van der Waals surface area contributed by atoms with Crippen molar-refractivity contribution in [3.05, 3.63) is 28.3 Å². The molecule has 0 unspecified atom stereocenters. The van der Waals surface area contributed by atoms with Gasteiger partial charge in [0.2, 0.25) is 17.7 Å². The van der Waals surface area contributed by atoms with Gasteiger partial charge in [-0.2, -0.15) is 4.98 Å². The Kier molecular flexibility index (Phi) is 5.24. The van der Waals surface area contributed by atoms with Crippen LogP contribution in [-0.4, -0.2) is 59.0 Å². The smallest absolute Gasteiger partial charge is 0.228 e. The molecule has 1 fully saturated rings. The quantitative estimate of drug-likeness (QED) is 0.814.